The smallest absolute Gasteiger partial charge is 0.335 e. The number of imidazole rings is 1. The average molecular weight is 367 g/mol. The lowest BCUT2D eigenvalue weighted by molar-refractivity contribution is -0.305. The van der Waals surface area contributed by atoms with Crippen molar-refractivity contribution in [2.24, 2.45) is 0 Å². The van der Waals surface area contributed by atoms with Crippen molar-refractivity contribution in [3.05, 3.63) is 54.9 Å². The highest BCUT2D eigenvalue weighted by molar-refractivity contribution is 5.99. The number of alkyl halides is 4. The molecule has 0 radical (unpaired) electrons. The Bertz CT molecular complexity index is 940. The zero-order valence-electron chi connectivity index (χ0n) is 13.4. The predicted molar refractivity (Wildman–Crippen MR) is 86.2 cm³/mol. The van der Waals surface area contributed by atoms with Gasteiger partial charge in [-0.1, -0.05) is 30.3 Å². The fraction of sp³-hybridized carbons (Fsp3) is 0.176. The maximum atomic E-state index is 14.0. The molecule has 0 unspecified atom stereocenters. The van der Waals surface area contributed by atoms with Crippen LogP contribution in [0.25, 0.3) is 16.9 Å². The van der Waals surface area contributed by atoms with Crippen molar-refractivity contribution >= 4 is 17.2 Å². The molecule has 1 atom stereocenters. The van der Waals surface area contributed by atoms with E-state index >= 15 is 0 Å². The number of benzene rings is 1. The predicted octanol–water partition coefficient (Wildman–Crippen LogP) is 3.81. The van der Waals surface area contributed by atoms with E-state index < -0.39 is 17.9 Å². The molecule has 1 aromatic carbocycles. The number of hydrogen-bond acceptors (Lipinski definition) is 3. The first-order valence-electron chi connectivity index (χ1n) is 7.41. The van der Waals surface area contributed by atoms with Crippen LogP contribution in [0.1, 0.15) is 0 Å². The summed E-state index contributed by atoms with van der Waals surface area (Å²) >= 11 is 0. The number of methoxy groups -OCH3 is 1. The number of pyridine rings is 1. The molecule has 3 aromatic rings. The van der Waals surface area contributed by atoms with Crippen LogP contribution in [0.4, 0.5) is 23.2 Å². The summed E-state index contributed by atoms with van der Waals surface area (Å²) in [4.78, 5) is 16.2. The fourth-order valence-electron chi connectivity index (χ4n) is 2.40. The van der Waals surface area contributed by atoms with Crippen LogP contribution in [0.15, 0.2) is 54.9 Å². The van der Waals surface area contributed by atoms with Crippen molar-refractivity contribution in [2.75, 3.05) is 12.4 Å². The lowest BCUT2D eigenvalue weighted by Gasteiger charge is -2.24. The van der Waals surface area contributed by atoms with Crippen molar-refractivity contribution in [3.8, 4) is 11.3 Å². The number of aromatic nitrogens is 2. The highest BCUT2D eigenvalue weighted by atomic mass is 19.4. The molecular formula is C17H13F4N3O2. The van der Waals surface area contributed by atoms with Gasteiger partial charge in [0.05, 0.1) is 11.4 Å². The van der Waals surface area contributed by atoms with Crippen LogP contribution in [-0.2, 0) is 9.53 Å². The number of carbonyl (C=O) groups is 1. The van der Waals surface area contributed by atoms with Crippen LogP contribution in [0.3, 0.4) is 0 Å². The topological polar surface area (TPSA) is 55.6 Å². The molecule has 1 amide bonds. The van der Waals surface area contributed by atoms with E-state index in [1.165, 1.54) is 16.5 Å². The first-order chi connectivity index (χ1) is 12.3. The van der Waals surface area contributed by atoms with E-state index in [9.17, 15) is 22.4 Å². The maximum absolute atomic E-state index is 14.0. The van der Waals surface area contributed by atoms with Gasteiger partial charge in [-0.2, -0.15) is 17.6 Å². The Morgan fingerprint density at radius 1 is 1.12 bits per heavy atom. The molecule has 1 N–H and O–H groups in total. The van der Waals surface area contributed by atoms with E-state index in [2.05, 4.69) is 9.72 Å². The minimum absolute atomic E-state index is 0.0805. The van der Waals surface area contributed by atoms with Crippen LogP contribution >= 0.6 is 0 Å². The summed E-state index contributed by atoms with van der Waals surface area (Å²) in [6, 6.07) is 11.9. The van der Waals surface area contributed by atoms with Crippen molar-refractivity contribution < 1.29 is 27.1 Å². The molecule has 136 valence electrons. The Kier molecular flexibility index (Phi) is 4.41. The second kappa shape index (κ2) is 6.41. The summed E-state index contributed by atoms with van der Waals surface area (Å²) in [6.45, 7) is 0. The van der Waals surface area contributed by atoms with Gasteiger partial charge in [0.1, 0.15) is 0 Å². The standard InChI is InChI=1S/C17H13F4N3O2/c1-26-16(18,17(19,20)21)15(25)23-12-8-5-9-24-10-13(22-14(12)24)11-6-3-2-4-7-11/h2-10H,1H3,(H,23,25)/t16-/m1/s1. The zero-order chi connectivity index (χ0) is 18.9. The SMILES string of the molecule is CO[C@](F)(C(=O)Nc1cccn2cc(-c3ccccc3)nc12)C(F)(F)F. The van der Waals surface area contributed by atoms with Gasteiger partial charge in [0, 0.05) is 25.1 Å². The Labute approximate surface area is 145 Å². The Balaban J connectivity index is 1.99. The number of nitrogens with zero attached hydrogens (tertiary/aromatic N) is 2. The molecule has 0 spiro atoms. The number of ether oxygens (including phenoxy) is 1. The van der Waals surface area contributed by atoms with Gasteiger partial charge in [0.25, 0.3) is 5.91 Å². The second-order valence-electron chi connectivity index (χ2n) is 5.40. The molecular weight excluding hydrogens is 354 g/mol. The summed E-state index contributed by atoms with van der Waals surface area (Å²) in [6.07, 6.45) is -2.28. The summed E-state index contributed by atoms with van der Waals surface area (Å²) in [5, 5.41) is 1.91. The van der Waals surface area contributed by atoms with Gasteiger partial charge in [-0.05, 0) is 12.1 Å². The molecule has 0 fully saturated rings. The van der Waals surface area contributed by atoms with Crippen LogP contribution in [-0.4, -0.2) is 34.4 Å². The number of halogens is 4. The number of rotatable bonds is 4. The van der Waals surface area contributed by atoms with Crippen molar-refractivity contribution in [1.29, 1.82) is 0 Å². The van der Waals surface area contributed by atoms with Crippen molar-refractivity contribution in [3.63, 3.8) is 0 Å². The molecule has 0 aliphatic rings. The van der Waals surface area contributed by atoms with Gasteiger partial charge in [-0.15, -0.1) is 0 Å². The summed E-state index contributed by atoms with van der Waals surface area (Å²) in [5.74, 6) is -6.45. The fourth-order valence-corrected chi connectivity index (χ4v) is 2.40. The average Bonchev–Trinajstić information content (AvgIpc) is 3.06. The van der Waals surface area contributed by atoms with Crippen LogP contribution < -0.4 is 5.32 Å². The summed E-state index contributed by atoms with van der Waals surface area (Å²) in [7, 11) is 0.469. The number of hydrogen-bond donors (Lipinski definition) is 1. The van der Waals surface area contributed by atoms with E-state index in [1.54, 1.807) is 36.7 Å². The van der Waals surface area contributed by atoms with Crippen LogP contribution in [0.2, 0.25) is 0 Å². The lowest BCUT2D eigenvalue weighted by Crippen LogP contribution is -2.52. The van der Waals surface area contributed by atoms with E-state index in [-0.39, 0.29) is 11.3 Å². The molecule has 3 rings (SSSR count). The highest BCUT2D eigenvalue weighted by Crippen LogP contribution is 2.36. The van der Waals surface area contributed by atoms with Gasteiger partial charge in [-0.25, -0.2) is 4.98 Å². The number of nitrogens with one attached hydrogen (secondary N) is 1. The van der Waals surface area contributed by atoms with Crippen molar-refractivity contribution in [2.45, 2.75) is 12.0 Å². The van der Waals surface area contributed by atoms with Crippen LogP contribution in [0.5, 0.6) is 0 Å². The maximum Gasteiger partial charge on any atom is 0.458 e. The van der Waals surface area contributed by atoms with E-state index in [4.69, 9.17) is 0 Å². The Hall–Kier alpha value is -2.94. The van der Waals surface area contributed by atoms with E-state index in [0.29, 0.717) is 12.8 Å². The quantitative estimate of drug-likeness (QED) is 0.714. The van der Waals surface area contributed by atoms with Gasteiger partial charge < -0.3 is 14.5 Å². The molecule has 5 nitrogen and oxygen atoms in total. The third kappa shape index (κ3) is 3.01. The van der Waals surface area contributed by atoms with Gasteiger partial charge in [-0.3, -0.25) is 4.79 Å². The molecule has 0 bridgehead atoms. The zero-order valence-corrected chi connectivity index (χ0v) is 13.4. The number of fused-ring (bicyclic) bond motifs is 1. The summed E-state index contributed by atoms with van der Waals surface area (Å²) in [5.41, 5.74) is 1.41. The lowest BCUT2D eigenvalue weighted by atomic mass is 10.2. The molecule has 0 saturated carbocycles. The summed E-state index contributed by atoms with van der Waals surface area (Å²) < 4.78 is 57.7. The van der Waals surface area contributed by atoms with Gasteiger partial charge in [0.2, 0.25) is 0 Å². The van der Waals surface area contributed by atoms with E-state index in [1.807, 2.05) is 11.4 Å². The molecule has 0 saturated heterocycles. The Morgan fingerprint density at radius 3 is 2.42 bits per heavy atom. The van der Waals surface area contributed by atoms with Crippen LogP contribution in [0, 0.1) is 0 Å². The number of carbonyl (C=O) groups excluding carboxylic acids is 1. The molecule has 2 aromatic heterocycles. The minimum Gasteiger partial charge on any atom is -0.335 e. The molecule has 2 heterocycles. The van der Waals surface area contributed by atoms with E-state index in [0.717, 1.165) is 5.56 Å². The molecule has 26 heavy (non-hydrogen) atoms. The Morgan fingerprint density at radius 2 is 1.81 bits per heavy atom. The highest BCUT2D eigenvalue weighted by Gasteiger charge is 2.63. The first-order valence-corrected chi connectivity index (χ1v) is 7.41. The van der Waals surface area contributed by atoms with Crippen molar-refractivity contribution in [1.82, 2.24) is 9.38 Å². The number of amides is 1. The third-order valence-corrected chi connectivity index (χ3v) is 3.74. The molecule has 0 aliphatic heterocycles. The molecule has 0 aliphatic carbocycles. The van der Waals surface area contributed by atoms with Gasteiger partial charge in [0.15, 0.2) is 5.65 Å². The number of anilines is 1. The third-order valence-electron chi connectivity index (χ3n) is 3.74. The first kappa shape index (κ1) is 17.9. The van der Waals surface area contributed by atoms with Gasteiger partial charge >= 0.3 is 12.0 Å². The monoisotopic (exact) mass is 367 g/mol. The molecule has 9 heteroatoms. The largest absolute Gasteiger partial charge is 0.458 e. The normalized spacial score (nSPS) is 14.2. The second-order valence-corrected chi connectivity index (χ2v) is 5.40. The minimum atomic E-state index is -5.53.